The zero-order valence-electron chi connectivity index (χ0n) is 22.4. The smallest absolute Gasteiger partial charge is 0.335 e. The summed E-state index contributed by atoms with van der Waals surface area (Å²) in [5.41, 5.74) is -0.196. The molecule has 10 nitrogen and oxygen atoms in total. The summed E-state index contributed by atoms with van der Waals surface area (Å²) in [6.45, 7) is 4.52. The van der Waals surface area contributed by atoms with Gasteiger partial charge in [0.1, 0.15) is 23.1 Å². The quantitative estimate of drug-likeness (QED) is 0.554. The molecule has 11 heteroatoms. The number of nitrogens with zero attached hydrogens (tertiary/aromatic N) is 3. The van der Waals surface area contributed by atoms with Gasteiger partial charge in [0.05, 0.1) is 24.9 Å². The zero-order valence-corrected chi connectivity index (χ0v) is 22.4. The van der Waals surface area contributed by atoms with Crippen molar-refractivity contribution in [2.75, 3.05) is 38.8 Å². The number of carbonyl (C=O) groups excluding carboxylic acids is 3. The molecule has 208 valence electrons. The Kier molecular flexibility index (Phi) is 7.80. The van der Waals surface area contributed by atoms with E-state index >= 15 is 0 Å². The van der Waals surface area contributed by atoms with Crippen LogP contribution in [0, 0.1) is 11.7 Å². The van der Waals surface area contributed by atoms with Gasteiger partial charge in [-0.2, -0.15) is 0 Å². The number of piperidine rings is 1. The number of rotatable bonds is 7. The van der Waals surface area contributed by atoms with Gasteiger partial charge in [0.15, 0.2) is 0 Å². The summed E-state index contributed by atoms with van der Waals surface area (Å²) >= 11 is 0. The number of carboxylic acid groups (broad SMARTS) is 1. The Morgan fingerprint density at radius 1 is 1.08 bits per heavy atom. The molecule has 2 fully saturated rings. The maximum atomic E-state index is 14.4. The van der Waals surface area contributed by atoms with Crippen molar-refractivity contribution < 1.29 is 33.4 Å². The first-order valence-electron chi connectivity index (χ1n) is 12.8. The number of benzene rings is 2. The molecular formula is C28H33FN4O6. The lowest BCUT2D eigenvalue weighted by Crippen LogP contribution is -2.60. The predicted molar refractivity (Wildman–Crippen MR) is 141 cm³/mol. The fraction of sp³-hybridized carbons (Fsp3) is 0.429. The van der Waals surface area contributed by atoms with E-state index in [1.54, 1.807) is 42.8 Å². The standard InChI is InChI=1S/C28H33FN4O6/c1-17(2)23(30-24(34)21-15-20(39-4)9-10-22(21)29)25(35)32-13-11-28(12-14-32)27(38)31(3)16-33(28)19-7-5-18(6-8-19)26(36)37/h5-10,15,17,23H,11-14,16H2,1-4H3,(H,30,34)(H,36,37). The van der Waals surface area contributed by atoms with Crippen LogP contribution >= 0.6 is 0 Å². The van der Waals surface area contributed by atoms with Gasteiger partial charge in [0.2, 0.25) is 11.8 Å². The molecule has 0 aromatic heterocycles. The van der Waals surface area contributed by atoms with Crippen LogP contribution in [-0.2, 0) is 9.59 Å². The number of carbonyl (C=O) groups is 4. The van der Waals surface area contributed by atoms with Crippen molar-refractivity contribution >= 4 is 29.4 Å². The third-order valence-electron chi connectivity index (χ3n) is 7.58. The maximum Gasteiger partial charge on any atom is 0.335 e. The van der Waals surface area contributed by atoms with Crippen LogP contribution in [0.15, 0.2) is 42.5 Å². The Balaban J connectivity index is 1.50. The van der Waals surface area contributed by atoms with Crippen molar-refractivity contribution in [2.45, 2.75) is 38.3 Å². The van der Waals surface area contributed by atoms with E-state index in [0.29, 0.717) is 25.3 Å². The van der Waals surface area contributed by atoms with Gasteiger partial charge < -0.3 is 29.9 Å². The van der Waals surface area contributed by atoms with Crippen LogP contribution in [0.2, 0.25) is 0 Å². The highest BCUT2D eigenvalue weighted by molar-refractivity contribution is 5.98. The molecule has 2 heterocycles. The van der Waals surface area contributed by atoms with Gasteiger partial charge in [-0.1, -0.05) is 13.8 Å². The van der Waals surface area contributed by atoms with Crippen LogP contribution in [0.5, 0.6) is 5.75 Å². The van der Waals surface area contributed by atoms with E-state index in [2.05, 4.69) is 5.32 Å². The molecule has 4 rings (SSSR count). The Hall–Kier alpha value is -4.15. The van der Waals surface area contributed by atoms with Gasteiger partial charge in [-0.25, -0.2) is 9.18 Å². The van der Waals surface area contributed by atoms with Crippen molar-refractivity contribution in [3.8, 4) is 5.75 Å². The lowest BCUT2D eigenvalue weighted by Gasteiger charge is -2.44. The minimum absolute atomic E-state index is 0.0564. The normalized spacial score (nSPS) is 17.5. The van der Waals surface area contributed by atoms with E-state index in [1.165, 1.54) is 31.4 Å². The van der Waals surface area contributed by atoms with Crippen molar-refractivity contribution in [3.63, 3.8) is 0 Å². The van der Waals surface area contributed by atoms with E-state index in [4.69, 9.17) is 4.74 Å². The number of hydrogen-bond donors (Lipinski definition) is 2. The van der Waals surface area contributed by atoms with Gasteiger partial charge in [0.25, 0.3) is 5.91 Å². The average molecular weight is 541 g/mol. The molecule has 2 saturated heterocycles. The summed E-state index contributed by atoms with van der Waals surface area (Å²) in [5.74, 6) is -2.76. The monoisotopic (exact) mass is 540 g/mol. The molecule has 2 N–H and O–H groups in total. The molecule has 1 atom stereocenters. The first-order chi connectivity index (χ1) is 18.5. The number of amides is 3. The minimum Gasteiger partial charge on any atom is -0.497 e. The fourth-order valence-electron chi connectivity index (χ4n) is 5.31. The van der Waals surface area contributed by atoms with Crippen LogP contribution < -0.4 is 15.0 Å². The molecule has 3 amide bonds. The number of halogens is 1. The minimum atomic E-state index is -1.03. The molecule has 2 aliphatic heterocycles. The molecule has 39 heavy (non-hydrogen) atoms. The first kappa shape index (κ1) is 27.9. The molecule has 2 aromatic carbocycles. The molecule has 0 bridgehead atoms. The number of nitrogens with one attached hydrogen (secondary N) is 1. The Labute approximate surface area is 226 Å². The second kappa shape index (κ2) is 10.9. The second-order valence-electron chi connectivity index (χ2n) is 10.3. The summed E-state index contributed by atoms with van der Waals surface area (Å²) in [7, 11) is 3.13. The maximum absolute atomic E-state index is 14.4. The highest BCUT2D eigenvalue weighted by Crippen LogP contribution is 2.39. The fourth-order valence-corrected chi connectivity index (χ4v) is 5.31. The van der Waals surface area contributed by atoms with E-state index in [0.717, 1.165) is 11.8 Å². The Bertz CT molecular complexity index is 1270. The number of carboxylic acids is 1. The topological polar surface area (TPSA) is 119 Å². The molecule has 0 saturated carbocycles. The first-order valence-corrected chi connectivity index (χ1v) is 12.8. The summed E-state index contributed by atoms with van der Waals surface area (Å²) in [5, 5.41) is 11.9. The number of methoxy groups -OCH3 is 1. The second-order valence-corrected chi connectivity index (χ2v) is 10.3. The number of hydrogen-bond acceptors (Lipinski definition) is 6. The molecule has 0 radical (unpaired) electrons. The van der Waals surface area contributed by atoms with Crippen LogP contribution in [0.1, 0.15) is 47.4 Å². The lowest BCUT2D eigenvalue weighted by atomic mass is 9.85. The van der Waals surface area contributed by atoms with Gasteiger partial charge in [-0.15, -0.1) is 0 Å². The molecular weight excluding hydrogens is 507 g/mol. The zero-order chi connectivity index (χ0) is 28.5. The van der Waals surface area contributed by atoms with Gasteiger partial charge in [0, 0.05) is 25.8 Å². The predicted octanol–water partition coefficient (Wildman–Crippen LogP) is 2.58. The number of aromatic carboxylic acids is 1. The van der Waals surface area contributed by atoms with Gasteiger partial charge in [-0.05, 0) is 61.2 Å². The van der Waals surface area contributed by atoms with Crippen LogP contribution in [0.4, 0.5) is 10.1 Å². The number of ether oxygens (including phenoxy) is 1. The van der Waals surface area contributed by atoms with Gasteiger partial charge >= 0.3 is 5.97 Å². The summed E-state index contributed by atoms with van der Waals surface area (Å²) < 4.78 is 19.4. The average Bonchev–Trinajstić information content (AvgIpc) is 3.16. The summed E-state index contributed by atoms with van der Waals surface area (Å²) in [6, 6.07) is 9.35. The molecule has 0 aliphatic carbocycles. The third kappa shape index (κ3) is 5.25. The van der Waals surface area contributed by atoms with E-state index in [1.807, 2.05) is 4.90 Å². The van der Waals surface area contributed by atoms with Crippen molar-refractivity contribution in [1.82, 2.24) is 15.1 Å². The molecule has 1 spiro atoms. The van der Waals surface area contributed by atoms with Gasteiger partial charge in [-0.3, -0.25) is 14.4 Å². The highest BCUT2D eigenvalue weighted by atomic mass is 19.1. The summed E-state index contributed by atoms with van der Waals surface area (Å²) in [4.78, 5) is 56.3. The molecule has 1 unspecified atom stereocenters. The number of likely N-dealkylation sites (tertiary alicyclic amines) is 1. The van der Waals surface area contributed by atoms with Crippen molar-refractivity contribution in [2.24, 2.45) is 5.92 Å². The number of likely N-dealkylation sites (N-methyl/N-ethyl adjacent to an activating group) is 1. The molecule has 2 aromatic rings. The largest absolute Gasteiger partial charge is 0.497 e. The highest BCUT2D eigenvalue weighted by Gasteiger charge is 2.53. The van der Waals surface area contributed by atoms with Crippen LogP contribution in [0.25, 0.3) is 0 Å². The van der Waals surface area contributed by atoms with Crippen LogP contribution in [0.3, 0.4) is 0 Å². The van der Waals surface area contributed by atoms with E-state index in [9.17, 15) is 28.7 Å². The Morgan fingerprint density at radius 3 is 2.28 bits per heavy atom. The van der Waals surface area contributed by atoms with E-state index in [-0.39, 0.29) is 41.9 Å². The summed E-state index contributed by atoms with van der Waals surface area (Å²) in [6.07, 6.45) is 0.734. The van der Waals surface area contributed by atoms with E-state index < -0.39 is 29.3 Å². The molecule has 2 aliphatic rings. The van der Waals surface area contributed by atoms with Crippen molar-refractivity contribution in [3.05, 3.63) is 59.4 Å². The third-order valence-corrected chi connectivity index (χ3v) is 7.58. The van der Waals surface area contributed by atoms with Crippen LogP contribution in [-0.4, -0.2) is 84.1 Å². The lowest BCUT2D eigenvalue weighted by molar-refractivity contribution is -0.139. The Morgan fingerprint density at radius 2 is 1.72 bits per heavy atom. The number of anilines is 1. The van der Waals surface area contributed by atoms with Crippen molar-refractivity contribution in [1.29, 1.82) is 0 Å². The SMILES string of the molecule is COc1ccc(F)c(C(=O)NC(C(=O)N2CCC3(CC2)C(=O)N(C)CN3c2ccc(C(=O)O)cc2)C(C)C)c1.